The van der Waals surface area contributed by atoms with Crippen LogP contribution in [0.5, 0.6) is 0 Å². The van der Waals surface area contributed by atoms with Gasteiger partial charge in [-0.25, -0.2) is 9.07 Å². The lowest BCUT2D eigenvalue weighted by Crippen LogP contribution is -2.30. The quantitative estimate of drug-likeness (QED) is 0.494. The Bertz CT molecular complexity index is 699. The Morgan fingerprint density at radius 2 is 2.09 bits per heavy atom. The van der Waals surface area contributed by atoms with Crippen LogP contribution in [0.15, 0.2) is 29.5 Å². The first kappa shape index (κ1) is 14.3. The summed E-state index contributed by atoms with van der Waals surface area (Å²) in [6.45, 7) is 1.91. The van der Waals surface area contributed by atoms with E-state index in [2.05, 4.69) is 25.2 Å². The van der Waals surface area contributed by atoms with Crippen LogP contribution in [-0.4, -0.2) is 28.1 Å². The van der Waals surface area contributed by atoms with Gasteiger partial charge in [0.05, 0.1) is 29.8 Å². The van der Waals surface area contributed by atoms with Gasteiger partial charge in [0.2, 0.25) is 0 Å². The second kappa shape index (κ2) is 6.44. The second-order valence-corrected chi connectivity index (χ2v) is 5.21. The van der Waals surface area contributed by atoms with Gasteiger partial charge in [-0.2, -0.15) is 0 Å². The molecule has 22 heavy (non-hydrogen) atoms. The highest BCUT2D eigenvalue weighted by molar-refractivity contribution is 5.52. The minimum absolute atomic E-state index is 0.124. The summed E-state index contributed by atoms with van der Waals surface area (Å²) in [4.78, 5) is 4.79. The molecule has 1 aliphatic heterocycles. The highest BCUT2D eigenvalue weighted by atomic mass is 19.1. The van der Waals surface area contributed by atoms with Gasteiger partial charge in [0, 0.05) is 24.1 Å². The molecule has 3 rings (SSSR count). The first-order valence-corrected chi connectivity index (χ1v) is 7.25. The molecule has 1 fully saturated rings. The molecule has 0 radical (unpaired) electrons. The van der Waals surface area contributed by atoms with E-state index in [-0.39, 0.29) is 12.4 Å². The molecule has 1 aromatic heterocycles. The first-order chi connectivity index (χ1) is 10.8. The van der Waals surface area contributed by atoms with E-state index in [1.807, 2.05) is 0 Å². The highest BCUT2D eigenvalue weighted by Gasteiger charge is 2.16. The highest BCUT2D eigenvalue weighted by Crippen LogP contribution is 2.25. The number of rotatable bonds is 4. The predicted molar refractivity (Wildman–Crippen MR) is 80.2 cm³/mol. The zero-order valence-corrected chi connectivity index (χ0v) is 12.1. The molecule has 114 valence electrons. The van der Waals surface area contributed by atoms with E-state index < -0.39 is 0 Å². The minimum atomic E-state index is -0.273. The smallest absolute Gasteiger partial charge is 0.148 e. The number of halogens is 1. The van der Waals surface area contributed by atoms with Gasteiger partial charge >= 0.3 is 0 Å². The van der Waals surface area contributed by atoms with Crippen LogP contribution in [0.25, 0.3) is 16.1 Å². The molecule has 0 bridgehead atoms. The lowest BCUT2D eigenvalue weighted by Gasteiger charge is -2.29. The normalized spacial score (nSPS) is 14.7. The third kappa shape index (κ3) is 2.87. The second-order valence-electron chi connectivity index (χ2n) is 5.21. The summed E-state index contributed by atoms with van der Waals surface area (Å²) in [5.74, 6) is -0.273. The SMILES string of the molecule is [N-]=[N+]=NCc1cnnn1-c1ccc(N2CCCCC2)c(F)c1. The minimum Gasteiger partial charge on any atom is -0.369 e. The fourth-order valence-corrected chi connectivity index (χ4v) is 2.70. The van der Waals surface area contributed by atoms with Crippen molar-refractivity contribution in [3.8, 4) is 5.69 Å². The zero-order valence-electron chi connectivity index (χ0n) is 12.1. The van der Waals surface area contributed by atoms with Gasteiger partial charge in [-0.1, -0.05) is 10.3 Å². The van der Waals surface area contributed by atoms with Crippen LogP contribution in [0.3, 0.4) is 0 Å². The molecule has 7 nitrogen and oxygen atoms in total. The van der Waals surface area contributed by atoms with E-state index >= 15 is 0 Å². The molecule has 0 amide bonds. The Morgan fingerprint density at radius 3 is 2.82 bits per heavy atom. The largest absolute Gasteiger partial charge is 0.369 e. The van der Waals surface area contributed by atoms with Crippen molar-refractivity contribution in [3.63, 3.8) is 0 Å². The third-order valence-electron chi connectivity index (χ3n) is 3.79. The van der Waals surface area contributed by atoms with Crippen molar-refractivity contribution in [2.45, 2.75) is 25.8 Å². The third-order valence-corrected chi connectivity index (χ3v) is 3.79. The lowest BCUT2D eigenvalue weighted by atomic mass is 10.1. The fraction of sp³-hybridized carbons (Fsp3) is 0.429. The summed E-state index contributed by atoms with van der Waals surface area (Å²) in [5, 5.41) is 11.2. The Kier molecular flexibility index (Phi) is 4.20. The summed E-state index contributed by atoms with van der Waals surface area (Å²) in [5.41, 5.74) is 10.2. The number of hydrogen-bond donors (Lipinski definition) is 0. The molecule has 1 aliphatic rings. The van der Waals surface area contributed by atoms with Crippen LogP contribution in [0, 0.1) is 5.82 Å². The Balaban J connectivity index is 1.88. The summed E-state index contributed by atoms with van der Waals surface area (Å²) < 4.78 is 15.9. The number of aromatic nitrogens is 3. The van der Waals surface area contributed by atoms with Crippen molar-refractivity contribution in [2.75, 3.05) is 18.0 Å². The monoisotopic (exact) mass is 301 g/mol. The molecule has 0 aliphatic carbocycles. The van der Waals surface area contributed by atoms with Crippen LogP contribution in [0.4, 0.5) is 10.1 Å². The van der Waals surface area contributed by atoms with Crippen LogP contribution >= 0.6 is 0 Å². The number of azide groups is 1. The molecule has 0 N–H and O–H groups in total. The van der Waals surface area contributed by atoms with E-state index in [1.54, 1.807) is 12.1 Å². The van der Waals surface area contributed by atoms with E-state index in [0.717, 1.165) is 25.9 Å². The molecule has 2 aromatic rings. The topological polar surface area (TPSA) is 82.7 Å². The zero-order chi connectivity index (χ0) is 15.4. The van der Waals surface area contributed by atoms with E-state index in [0.29, 0.717) is 17.1 Å². The first-order valence-electron chi connectivity index (χ1n) is 7.25. The number of benzene rings is 1. The summed E-state index contributed by atoms with van der Waals surface area (Å²) >= 11 is 0. The van der Waals surface area contributed by atoms with E-state index in [4.69, 9.17) is 5.53 Å². The van der Waals surface area contributed by atoms with Crippen molar-refractivity contribution in [3.05, 3.63) is 46.3 Å². The number of anilines is 1. The van der Waals surface area contributed by atoms with Crippen LogP contribution in [0.2, 0.25) is 0 Å². The maximum absolute atomic E-state index is 14.4. The lowest BCUT2D eigenvalue weighted by molar-refractivity contribution is 0.556. The molecular weight excluding hydrogens is 285 g/mol. The van der Waals surface area contributed by atoms with Crippen molar-refractivity contribution in [1.29, 1.82) is 0 Å². The molecular formula is C14H16FN7. The van der Waals surface area contributed by atoms with E-state index in [9.17, 15) is 4.39 Å². The summed E-state index contributed by atoms with van der Waals surface area (Å²) in [6, 6.07) is 5.02. The van der Waals surface area contributed by atoms with Crippen LogP contribution in [-0.2, 0) is 6.54 Å². The average molecular weight is 301 g/mol. The maximum Gasteiger partial charge on any atom is 0.148 e. The van der Waals surface area contributed by atoms with E-state index in [1.165, 1.54) is 23.4 Å². The summed E-state index contributed by atoms with van der Waals surface area (Å²) in [6.07, 6.45) is 4.91. The Labute approximate surface area is 127 Å². The number of nitrogens with zero attached hydrogens (tertiary/aromatic N) is 7. The standard InChI is InChI=1S/C14H16FN7/c15-13-8-11(22-12(9-17-19-16)10-18-20-22)4-5-14(13)21-6-2-1-3-7-21/h4-5,8,10H,1-3,6-7,9H2. The molecule has 1 saturated heterocycles. The fourth-order valence-electron chi connectivity index (χ4n) is 2.70. The van der Waals surface area contributed by atoms with Gasteiger partial charge in [-0.3, -0.25) is 0 Å². The van der Waals surface area contributed by atoms with Gasteiger partial charge in [0.1, 0.15) is 5.82 Å². The van der Waals surface area contributed by atoms with Crippen molar-refractivity contribution >= 4 is 5.69 Å². The van der Waals surface area contributed by atoms with Crippen LogP contribution < -0.4 is 4.90 Å². The molecule has 2 heterocycles. The average Bonchev–Trinajstić information content (AvgIpc) is 3.02. The van der Waals surface area contributed by atoms with Gasteiger partial charge in [0.25, 0.3) is 0 Å². The maximum atomic E-state index is 14.4. The molecule has 0 unspecified atom stereocenters. The number of hydrogen-bond acceptors (Lipinski definition) is 4. The Hall–Kier alpha value is -2.60. The van der Waals surface area contributed by atoms with Gasteiger partial charge < -0.3 is 4.90 Å². The number of piperidine rings is 1. The van der Waals surface area contributed by atoms with Crippen molar-refractivity contribution in [2.24, 2.45) is 5.11 Å². The molecule has 8 heteroatoms. The molecule has 0 saturated carbocycles. The van der Waals surface area contributed by atoms with Gasteiger partial charge in [-0.15, -0.1) is 5.10 Å². The molecule has 0 atom stereocenters. The molecule has 1 aromatic carbocycles. The van der Waals surface area contributed by atoms with Crippen molar-refractivity contribution in [1.82, 2.24) is 15.0 Å². The Morgan fingerprint density at radius 1 is 1.27 bits per heavy atom. The van der Waals surface area contributed by atoms with Gasteiger partial charge in [-0.05, 0) is 36.9 Å². The predicted octanol–water partition coefficient (Wildman–Crippen LogP) is 3.21. The molecule has 0 spiro atoms. The van der Waals surface area contributed by atoms with Crippen molar-refractivity contribution < 1.29 is 4.39 Å². The summed E-state index contributed by atoms with van der Waals surface area (Å²) in [7, 11) is 0. The van der Waals surface area contributed by atoms with Crippen LogP contribution in [0.1, 0.15) is 25.0 Å². The van der Waals surface area contributed by atoms with Gasteiger partial charge in [0.15, 0.2) is 0 Å².